The second-order valence-electron chi connectivity index (χ2n) is 2.98. The first-order chi connectivity index (χ1) is 7.88. The van der Waals surface area contributed by atoms with Gasteiger partial charge in [0.1, 0.15) is 6.61 Å². The molecule has 0 saturated carbocycles. The van der Waals surface area contributed by atoms with Gasteiger partial charge in [-0.25, -0.2) is 4.79 Å². The predicted molar refractivity (Wildman–Crippen MR) is 63.9 cm³/mol. The van der Waals surface area contributed by atoms with Crippen LogP contribution in [0.3, 0.4) is 0 Å². The minimum atomic E-state index is -4.11. The fourth-order valence-corrected chi connectivity index (χ4v) is 1.14. The molecule has 0 aromatic carbocycles. The van der Waals surface area contributed by atoms with Gasteiger partial charge in [-0.1, -0.05) is 5.16 Å². The molecule has 18 heavy (non-hydrogen) atoms. The van der Waals surface area contributed by atoms with Crippen LogP contribution in [0.5, 0.6) is 0 Å². The maximum atomic E-state index is 11.1. The average molecular weight is 286 g/mol. The molecule has 0 fully saturated rings. The number of hydrogen-bond acceptors (Lipinski definition) is 5. The summed E-state index contributed by atoms with van der Waals surface area (Å²) in [5, 5.41) is 3.32. The Morgan fingerprint density at radius 2 is 2.11 bits per heavy atom. The first kappa shape index (κ1) is 17.3. The molecule has 1 rings (SSSR count). The van der Waals surface area contributed by atoms with Crippen molar-refractivity contribution in [2.75, 3.05) is 12.8 Å². The van der Waals surface area contributed by atoms with Crippen molar-refractivity contribution in [3.05, 3.63) is 32.6 Å². The Labute approximate surface area is 123 Å². The molecular weight excluding hydrogens is 276 g/mol. The number of rotatable bonds is 5. The van der Waals surface area contributed by atoms with Gasteiger partial charge < -0.3 is 19.6 Å². The van der Waals surface area contributed by atoms with Crippen molar-refractivity contribution >= 4 is 43.4 Å². The molecule has 0 atom stereocenters. The molecule has 4 N–H and O–H groups in total. The van der Waals surface area contributed by atoms with E-state index in [0.29, 0.717) is 0 Å². The van der Waals surface area contributed by atoms with Gasteiger partial charge in [-0.3, -0.25) is 14.3 Å². The Morgan fingerprint density at radius 1 is 1.44 bits per heavy atom. The topological polar surface area (TPSA) is 145 Å². The van der Waals surface area contributed by atoms with E-state index in [2.05, 4.69) is 15.0 Å². The fourth-order valence-electron chi connectivity index (χ4n) is 0.823. The zero-order valence-corrected chi connectivity index (χ0v) is 12.4. The van der Waals surface area contributed by atoms with Gasteiger partial charge in [0.2, 0.25) is 0 Å². The number of aromatic amines is 2. The normalized spacial score (nSPS) is 11.2. The van der Waals surface area contributed by atoms with Crippen LogP contribution in [0.1, 0.15) is 5.56 Å². The summed E-state index contributed by atoms with van der Waals surface area (Å²) in [6.07, 6.45) is 1.69. The largest absolute Gasteiger partial charge is 0.395 e. The first-order valence-electron chi connectivity index (χ1n) is 4.40. The third-order valence-electron chi connectivity index (χ3n) is 1.59. The molecule has 0 saturated heterocycles. The third kappa shape index (κ3) is 6.90. The summed E-state index contributed by atoms with van der Waals surface area (Å²) in [6.45, 7) is -0.276. The minimum absolute atomic E-state index is 0. The molecule has 95 valence electrons. The van der Waals surface area contributed by atoms with Crippen LogP contribution >= 0.6 is 7.60 Å². The molecule has 0 aliphatic rings. The molecule has 0 aliphatic heterocycles. The molecule has 1 aromatic heterocycles. The van der Waals surface area contributed by atoms with E-state index in [1.54, 1.807) is 0 Å². The Bertz CT molecular complexity index is 561. The zero-order valence-electron chi connectivity index (χ0n) is 9.49. The molecule has 1 heterocycles. The summed E-state index contributed by atoms with van der Waals surface area (Å²) < 4.78 is 10.4. The van der Waals surface area contributed by atoms with E-state index in [1.165, 1.54) is 0 Å². The maximum absolute atomic E-state index is 11.1. The summed E-state index contributed by atoms with van der Waals surface area (Å²) in [6, 6.07) is 0. The van der Waals surface area contributed by atoms with Crippen LogP contribution in [0, 0.1) is 0 Å². The number of nitrogens with zero attached hydrogens (tertiary/aromatic N) is 1. The molecule has 0 unspecified atom stereocenters. The van der Waals surface area contributed by atoms with Crippen molar-refractivity contribution in [3.63, 3.8) is 0 Å². The van der Waals surface area contributed by atoms with Crippen LogP contribution in [0.2, 0.25) is 0 Å². The summed E-state index contributed by atoms with van der Waals surface area (Å²) in [7, 11) is -4.11. The van der Waals surface area contributed by atoms with Gasteiger partial charge in [-0.2, -0.15) is 0 Å². The first-order valence-corrected chi connectivity index (χ1v) is 6.20. The summed E-state index contributed by atoms with van der Waals surface area (Å²) in [4.78, 5) is 47.5. The van der Waals surface area contributed by atoms with Crippen molar-refractivity contribution in [2.24, 2.45) is 5.16 Å². The van der Waals surface area contributed by atoms with Crippen molar-refractivity contribution in [1.82, 2.24) is 9.97 Å². The molecule has 0 bridgehead atoms. The number of aromatic nitrogens is 2. The van der Waals surface area contributed by atoms with Crippen LogP contribution in [-0.2, 0) is 9.40 Å². The molecule has 1 aromatic rings. The molecule has 0 spiro atoms. The third-order valence-corrected chi connectivity index (χ3v) is 2.35. The van der Waals surface area contributed by atoms with Crippen molar-refractivity contribution < 1.29 is 19.2 Å². The molecule has 9 nitrogen and oxygen atoms in total. The summed E-state index contributed by atoms with van der Waals surface area (Å²) in [5.74, 6) is 0. The van der Waals surface area contributed by atoms with Gasteiger partial charge in [0.05, 0.1) is 17.9 Å². The molecule has 1 radical (unpaired) electrons. The average Bonchev–Trinajstić information content (AvgIpc) is 2.18. The minimum Gasteiger partial charge on any atom is -0.395 e. The Morgan fingerprint density at radius 3 is 2.67 bits per heavy atom. The Kier molecular flexibility index (Phi) is 7.37. The van der Waals surface area contributed by atoms with E-state index in [-0.39, 0.29) is 41.7 Å². The van der Waals surface area contributed by atoms with Gasteiger partial charge in [0.25, 0.3) is 5.56 Å². The quantitative estimate of drug-likeness (QED) is 0.165. The smallest absolute Gasteiger partial charge is 0.329 e. The molecular formula is C7H10N3NaO6P. The van der Waals surface area contributed by atoms with E-state index in [4.69, 9.17) is 9.79 Å². The van der Waals surface area contributed by atoms with Crippen LogP contribution in [0.15, 0.2) is 20.9 Å². The monoisotopic (exact) mass is 286 g/mol. The molecule has 0 aliphatic carbocycles. The number of nitrogens with one attached hydrogen (secondary N) is 2. The van der Waals surface area contributed by atoms with Crippen molar-refractivity contribution in [2.45, 2.75) is 0 Å². The molecule has 11 heteroatoms. The zero-order chi connectivity index (χ0) is 12.9. The fraction of sp³-hybridized carbons (Fsp3) is 0.286. The van der Waals surface area contributed by atoms with E-state index >= 15 is 0 Å². The van der Waals surface area contributed by atoms with Crippen LogP contribution in [-0.4, -0.2) is 68.3 Å². The van der Waals surface area contributed by atoms with E-state index in [1.807, 2.05) is 4.98 Å². The van der Waals surface area contributed by atoms with Crippen LogP contribution in [0.4, 0.5) is 0 Å². The predicted octanol–water partition coefficient (Wildman–Crippen LogP) is -1.79. The van der Waals surface area contributed by atoms with Crippen molar-refractivity contribution in [3.8, 4) is 0 Å². The summed E-state index contributed by atoms with van der Waals surface area (Å²) >= 11 is 0. The van der Waals surface area contributed by atoms with E-state index < -0.39 is 25.0 Å². The maximum Gasteiger partial charge on any atom is 0.329 e. The Hall–Kier alpha value is -0.700. The van der Waals surface area contributed by atoms with E-state index in [9.17, 15) is 14.2 Å². The van der Waals surface area contributed by atoms with Crippen LogP contribution in [0.25, 0.3) is 0 Å². The van der Waals surface area contributed by atoms with E-state index in [0.717, 1.165) is 12.4 Å². The van der Waals surface area contributed by atoms with Gasteiger partial charge in [-0.05, 0) is 0 Å². The van der Waals surface area contributed by atoms with Crippen LogP contribution < -0.4 is 11.2 Å². The SMILES string of the molecule is O=c1[nH]cc(/C=N/OCCP(=O)(O)O)c(=O)[nH]1.[Na]. The molecule has 0 amide bonds. The van der Waals surface area contributed by atoms with Gasteiger partial charge in [-0.15, -0.1) is 0 Å². The van der Waals surface area contributed by atoms with Gasteiger partial charge >= 0.3 is 13.3 Å². The van der Waals surface area contributed by atoms with Gasteiger partial charge in [0.15, 0.2) is 0 Å². The Balaban J connectivity index is 0.00000289. The number of hydrogen-bond donors (Lipinski definition) is 4. The van der Waals surface area contributed by atoms with Gasteiger partial charge in [0, 0.05) is 35.8 Å². The summed E-state index contributed by atoms with van der Waals surface area (Å²) in [5.41, 5.74) is -1.23. The van der Waals surface area contributed by atoms with Crippen molar-refractivity contribution in [1.29, 1.82) is 0 Å². The number of H-pyrrole nitrogens is 2. The standard InChI is InChI=1S/C7H10N3O6P.Na/c11-6-5(3-8-7(12)10-6)4-9-16-1-2-17(13,14)15;/h3-4H,1-2H2,(H2,13,14,15)(H2,8,10,11,12);/b9-4+;. The second-order valence-corrected chi connectivity index (χ2v) is 4.76. The number of oxime groups is 1. The second kappa shape index (κ2) is 7.67.